The van der Waals surface area contributed by atoms with Gasteiger partial charge in [0.2, 0.25) is 0 Å². The Kier molecular flexibility index (Phi) is 6.32. The maximum absolute atomic E-state index is 12.1. The summed E-state index contributed by atoms with van der Waals surface area (Å²) in [5, 5.41) is 5.87. The summed E-state index contributed by atoms with van der Waals surface area (Å²) in [5.41, 5.74) is 5.19. The first kappa shape index (κ1) is 20.7. The van der Waals surface area contributed by atoms with Crippen LogP contribution in [0, 0.1) is 0 Å². The second-order valence-corrected chi connectivity index (χ2v) is 7.80. The van der Waals surface area contributed by atoms with Crippen LogP contribution in [0.4, 0.5) is 10.5 Å². The molecule has 31 heavy (non-hydrogen) atoms. The van der Waals surface area contributed by atoms with Crippen LogP contribution in [0.1, 0.15) is 31.7 Å². The lowest BCUT2D eigenvalue weighted by Crippen LogP contribution is -2.35. The Bertz CT molecular complexity index is 1170. The molecule has 0 unspecified atom stereocenters. The molecule has 0 aliphatic rings. The maximum Gasteiger partial charge on any atom is 0.319 e. The first-order chi connectivity index (χ1) is 15.1. The Hall–Kier alpha value is -3.60. The molecule has 2 N–H and O–H groups in total. The van der Waals surface area contributed by atoms with Crippen LogP contribution in [-0.2, 0) is 12.8 Å². The minimum atomic E-state index is -0.169. The summed E-state index contributed by atoms with van der Waals surface area (Å²) in [6.07, 6.45) is 2.53. The average molecular weight is 413 g/mol. The van der Waals surface area contributed by atoms with Gasteiger partial charge >= 0.3 is 6.03 Å². The van der Waals surface area contributed by atoms with E-state index in [1.54, 1.807) is 0 Å². The van der Waals surface area contributed by atoms with E-state index in [0.29, 0.717) is 0 Å². The number of imidazole rings is 1. The normalized spacial score (nSPS) is 11.9. The van der Waals surface area contributed by atoms with E-state index in [-0.39, 0.29) is 12.1 Å². The topological polar surface area (TPSA) is 59.0 Å². The highest BCUT2D eigenvalue weighted by atomic mass is 16.2. The summed E-state index contributed by atoms with van der Waals surface area (Å²) in [5.74, 6) is 1.03. The van der Waals surface area contributed by atoms with Crippen molar-refractivity contribution < 1.29 is 4.79 Å². The zero-order valence-electron chi connectivity index (χ0n) is 18.0. The van der Waals surface area contributed by atoms with Gasteiger partial charge in [-0.2, -0.15) is 0 Å². The summed E-state index contributed by atoms with van der Waals surface area (Å²) >= 11 is 0. The predicted octanol–water partition coefficient (Wildman–Crippen LogP) is 5.73. The van der Waals surface area contributed by atoms with E-state index in [2.05, 4.69) is 45.5 Å². The number of nitrogens with zero attached hydrogens (tertiary/aromatic N) is 2. The van der Waals surface area contributed by atoms with Crippen molar-refractivity contribution in [3.05, 3.63) is 90.3 Å². The van der Waals surface area contributed by atoms with Gasteiger partial charge in [0.1, 0.15) is 5.82 Å². The Morgan fingerprint density at radius 2 is 1.74 bits per heavy atom. The molecular formula is C26H28N4O. The lowest BCUT2D eigenvalue weighted by Gasteiger charge is -2.13. The number of aromatic nitrogens is 2. The van der Waals surface area contributed by atoms with Crippen molar-refractivity contribution in [3.63, 3.8) is 0 Å². The largest absolute Gasteiger partial charge is 0.335 e. The molecule has 0 aliphatic carbocycles. The minimum Gasteiger partial charge on any atom is -0.335 e. The molecule has 0 bridgehead atoms. The molecule has 0 fully saturated rings. The van der Waals surface area contributed by atoms with Crippen LogP contribution in [0.15, 0.2) is 78.9 Å². The summed E-state index contributed by atoms with van der Waals surface area (Å²) in [6, 6.07) is 26.6. The lowest BCUT2D eigenvalue weighted by molar-refractivity contribution is 0.249. The van der Waals surface area contributed by atoms with Crippen molar-refractivity contribution in [3.8, 4) is 5.69 Å². The van der Waals surface area contributed by atoms with Gasteiger partial charge in [-0.05, 0) is 61.7 Å². The first-order valence-corrected chi connectivity index (χ1v) is 10.8. The smallest absolute Gasteiger partial charge is 0.319 e. The molecular weight excluding hydrogens is 384 g/mol. The number of aryl methyl sites for hydroxylation is 2. The molecule has 5 heteroatoms. The lowest BCUT2D eigenvalue weighted by atomic mass is 10.1. The zero-order valence-corrected chi connectivity index (χ0v) is 18.0. The Balaban J connectivity index is 1.53. The van der Waals surface area contributed by atoms with E-state index in [1.165, 1.54) is 0 Å². The Labute approximate surface area is 183 Å². The molecule has 4 aromatic rings. The fraction of sp³-hybridized carbons (Fsp3) is 0.231. The van der Waals surface area contributed by atoms with Crippen LogP contribution in [0.25, 0.3) is 16.7 Å². The van der Waals surface area contributed by atoms with Crippen molar-refractivity contribution in [2.45, 2.75) is 39.2 Å². The minimum absolute atomic E-state index is 0.147. The SMILES string of the molecule is CC[C@@H](C)NC(=O)Nc1cccc(CCc2nc3ccccc3n2-c2ccccc2)c1. The monoisotopic (exact) mass is 412 g/mol. The van der Waals surface area contributed by atoms with Crippen LogP contribution in [0.2, 0.25) is 0 Å². The van der Waals surface area contributed by atoms with E-state index in [1.807, 2.05) is 62.4 Å². The summed E-state index contributed by atoms with van der Waals surface area (Å²) in [6.45, 7) is 4.04. The third-order valence-electron chi connectivity index (χ3n) is 5.46. The van der Waals surface area contributed by atoms with Crippen LogP contribution in [-0.4, -0.2) is 21.6 Å². The molecule has 0 saturated carbocycles. The molecule has 0 saturated heterocycles. The van der Waals surface area contributed by atoms with Crippen molar-refractivity contribution in [2.24, 2.45) is 0 Å². The predicted molar refractivity (Wildman–Crippen MR) is 127 cm³/mol. The molecule has 2 amide bonds. The molecule has 1 heterocycles. The van der Waals surface area contributed by atoms with Gasteiger partial charge in [0, 0.05) is 23.8 Å². The summed E-state index contributed by atoms with van der Waals surface area (Å²) in [7, 11) is 0. The third kappa shape index (κ3) is 4.94. The van der Waals surface area contributed by atoms with Gasteiger partial charge in [-0.25, -0.2) is 9.78 Å². The highest BCUT2D eigenvalue weighted by molar-refractivity contribution is 5.89. The van der Waals surface area contributed by atoms with Crippen molar-refractivity contribution >= 4 is 22.8 Å². The quantitative estimate of drug-likeness (QED) is 0.407. The van der Waals surface area contributed by atoms with Crippen molar-refractivity contribution in [1.82, 2.24) is 14.9 Å². The Morgan fingerprint density at radius 3 is 2.55 bits per heavy atom. The summed E-state index contributed by atoms with van der Waals surface area (Å²) < 4.78 is 2.23. The van der Waals surface area contributed by atoms with Crippen molar-refractivity contribution in [2.75, 3.05) is 5.32 Å². The fourth-order valence-electron chi connectivity index (χ4n) is 3.66. The third-order valence-corrected chi connectivity index (χ3v) is 5.46. The number of hydrogen-bond donors (Lipinski definition) is 2. The van der Waals surface area contributed by atoms with Crippen LogP contribution in [0.3, 0.4) is 0 Å². The number of carbonyl (C=O) groups is 1. The first-order valence-electron chi connectivity index (χ1n) is 10.8. The number of nitrogens with one attached hydrogen (secondary N) is 2. The van der Waals surface area contributed by atoms with Gasteiger partial charge in [0.25, 0.3) is 0 Å². The number of benzene rings is 3. The zero-order chi connectivity index (χ0) is 21.6. The van der Waals surface area contributed by atoms with E-state index >= 15 is 0 Å². The van der Waals surface area contributed by atoms with E-state index in [4.69, 9.17) is 4.98 Å². The standard InChI is InChI=1S/C26H28N4O/c1-3-19(2)27-26(31)28-21-11-9-10-20(18-21)16-17-25-29-23-14-7-8-15-24(23)30(25)22-12-5-4-6-13-22/h4-15,18-19H,3,16-17H2,1-2H3,(H2,27,28,31)/t19-/m1/s1. The van der Waals surface area contributed by atoms with Gasteiger partial charge in [0.05, 0.1) is 11.0 Å². The van der Waals surface area contributed by atoms with Crippen LogP contribution < -0.4 is 10.6 Å². The second-order valence-electron chi connectivity index (χ2n) is 7.80. The molecule has 158 valence electrons. The fourth-order valence-corrected chi connectivity index (χ4v) is 3.66. The van der Waals surface area contributed by atoms with Gasteiger partial charge in [-0.15, -0.1) is 0 Å². The van der Waals surface area contributed by atoms with Gasteiger partial charge in [-0.3, -0.25) is 4.57 Å². The van der Waals surface area contributed by atoms with E-state index < -0.39 is 0 Å². The molecule has 5 nitrogen and oxygen atoms in total. The molecule has 3 aromatic carbocycles. The maximum atomic E-state index is 12.1. The number of fused-ring (bicyclic) bond motifs is 1. The number of anilines is 1. The molecule has 0 radical (unpaired) electrons. The van der Waals surface area contributed by atoms with Crippen molar-refractivity contribution in [1.29, 1.82) is 0 Å². The molecule has 1 aromatic heterocycles. The van der Waals surface area contributed by atoms with Crippen LogP contribution >= 0.6 is 0 Å². The highest BCUT2D eigenvalue weighted by Gasteiger charge is 2.12. The molecule has 4 rings (SSSR count). The number of rotatable bonds is 7. The van der Waals surface area contributed by atoms with E-state index in [0.717, 1.165) is 53.1 Å². The van der Waals surface area contributed by atoms with Gasteiger partial charge < -0.3 is 10.6 Å². The molecule has 1 atom stereocenters. The number of urea groups is 1. The van der Waals surface area contributed by atoms with Gasteiger partial charge in [-0.1, -0.05) is 49.4 Å². The number of para-hydroxylation sites is 3. The highest BCUT2D eigenvalue weighted by Crippen LogP contribution is 2.23. The Morgan fingerprint density at radius 1 is 0.968 bits per heavy atom. The number of amides is 2. The number of carbonyl (C=O) groups excluding carboxylic acids is 1. The average Bonchev–Trinajstić information content (AvgIpc) is 3.16. The molecule has 0 spiro atoms. The van der Waals surface area contributed by atoms with E-state index in [9.17, 15) is 4.79 Å². The number of hydrogen-bond acceptors (Lipinski definition) is 2. The van der Waals surface area contributed by atoms with Crippen LogP contribution in [0.5, 0.6) is 0 Å². The van der Waals surface area contributed by atoms with Gasteiger partial charge in [0.15, 0.2) is 0 Å². The molecule has 0 aliphatic heterocycles. The second kappa shape index (κ2) is 9.47. The summed E-state index contributed by atoms with van der Waals surface area (Å²) in [4.78, 5) is 17.0.